The Bertz CT molecular complexity index is 949. The minimum absolute atomic E-state index is 0.00233. The van der Waals surface area contributed by atoms with Crippen molar-refractivity contribution in [1.29, 1.82) is 0 Å². The topological polar surface area (TPSA) is 63.7 Å². The highest BCUT2D eigenvalue weighted by molar-refractivity contribution is 6.05. The number of amides is 1. The number of anilines is 1. The molecule has 5 nitrogen and oxygen atoms in total. The molecule has 1 aliphatic carbocycles. The number of rotatable bonds is 5. The summed E-state index contributed by atoms with van der Waals surface area (Å²) >= 11 is 0. The van der Waals surface area contributed by atoms with Gasteiger partial charge < -0.3 is 9.64 Å². The number of esters is 1. The van der Waals surface area contributed by atoms with Gasteiger partial charge in [-0.05, 0) is 61.9 Å². The zero-order valence-electron chi connectivity index (χ0n) is 15.9. The number of ketones is 1. The Morgan fingerprint density at radius 2 is 1.79 bits per heavy atom. The number of aryl methyl sites for hydroxylation is 2. The van der Waals surface area contributed by atoms with Gasteiger partial charge in [-0.25, -0.2) is 4.79 Å². The van der Waals surface area contributed by atoms with Crippen LogP contribution in [0.4, 0.5) is 5.69 Å². The minimum atomic E-state index is -0.894. The van der Waals surface area contributed by atoms with E-state index in [0.717, 1.165) is 25.7 Å². The standard InChI is InChI=1S/C23H23NO4/c1-15(22(26)18-12-11-16-6-4-7-17(16)14-18)28-23(27)19-8-2-3-9-20(19)24-13-5-10-21(24)25/h2-3,8-9,11-12,14-15H,4-7,10,13H2,1H3/t15-/m0/s1. The Morgan fingerprint density at radius 1 is 1.00 bits per heavy atom. The van der Waals surface area contributed by atoms with Gasteiger partial charge in [0.2, 0.25) is 11.7 Å². The summed E-state index contributed by atoms with van der Waals surface area (Å²) in [5.74, 6) is -0.794. The van der Waals surface area contributed by atoms with E-state index >= 15 is 0 Å². The first-order valence-electron chi connectivity index (χ1n) is 9.81. The third kappa shape index (κ3) is 3.44. The van der Waals surface area contributed by atoms with Crippen LogP contribution in [0.15, 0.2) is 42.5 Å². The molecule has 1 aliphatic heterocycles. The van der Waals surface area contributed by atoms with E-state index in [1.54, 1.807) is 36.1 Å². The predicted octanol–water partition coefficient (Wildman–Crippen LogP) is 3.73. The predicted molar refractivity (Wildman–Crippen MR) is 106 cm³/mol. The third-order valence-electron chi connectivity index (χ3n) is 5.52. The molecule has 1 fully saturated rings. The Morgan fingerprint density at radius 3 is 2.57 bits per heavy atom. The summed E-state index contributed by atoms with van der Waals surface area (Å²) in [4.78, 5) is 39.2. The number of para-hydroxylation sites is 1. The fraction of sp³-hybridized carbons (Fsp3) is 0.348. The van der Waals surface area contributed by atoms with Crippen molar-refractivity contribution in [3.63, 3.8) is 0 Å². The van der Waals surface area contributed by atoms with Gasteiger partial charge in [-0.3, -0.25) is 9.59 Å². The summed E-state index contributed by atoms with van der Waals surface area (Å²) in [6, 6.07) is 12.6. The zero-order valence-corrected chi connectivity index (χ0v) is 15.9. The number of benzene rings is 2. The van der Waals surface area contributed by atoms with E-state index in [1.807, 2.05) is 18.2 Å². The number of ether oxygens (including phenoxy) is 1. The van der Waals surface area contributed by atoms with Crippen molar-refractivity contribution in [3.8, 4) is 0 Å². The SMILES string of the molecule is C[C@H](OC(=O)c1ccccc1N1CCCC1=O)C(=O)c1ccc2c(c1)CCC2. The number of carbonyl (C=O) groups excluding carboxylic acids is 3. The molecule has 0 aromatic heterocycles. The normalized spacial score (nSPS) is 16.8. The van der Waals surface area contributed by atoms with Crippen molar-refractivity contribution in [3.05, 3.63) is 64.7 Å². The van der Waals surface area contributed by atoms with Gasteiger partial charge in [0.25, 0.3) is 0 Å². The highest BCUT2D eigenvalue weighted by atomic mass is 16.5. The molecular weight excluding hydrogens is 354 g/mol. The monoisotopic (exact) mass is 377 g/mol. The van der Waals surface area contributed by atoms with Gasteiger partial charge in [-0.2, -0.15) is 0 Å². The van der Waals surface area contributed by atoms with Gasteiger partial charge in [0.15, 0.2) is 6.10 Å². The van der Waals surface area contributed by atoms with Crippen LogP contribution in [0.2, 0.25) is 0 Å². The highest BCUT2D eigenvalue weighted by Gasteiger charge is 2.28. The molecule has 0 saturated carbocycles. The third-order valence-corrected chi connectivity index (χ3v) is 5.52. The second-order valence-electron chi connectivity index (χ2n) is 7.41. The average Bonchev–Trinajstić information content (AvgIpc) is 3.35. The molecule has 0 bridgehead atoms. The van der Waals surface area contributed by atoms with Crippen LogP contribution >= 0.6 is 0 Å². The van der Waals surface area contributed by atoms with Crippen molar-refractivity contribution < 1.29 is 19.1 Å². The molecule has 5 heteroatoms. The van der Waals surface area contributed by atoms with Crippen LogP contribution in [0.1, 0.15) is 58.0 Å². The van der Waals surface area contributed by atoms with Crippen molar-refractivity contribution in [2.75, 3.05) is 11.4 Å². The number of hydrogen-bond donors (Lipinski definition) is 0. The van der Waals surface area contributed by atoms with Crippen molar-refractivity contribution in [2.45, 2.75) is 45.1 Å². The summed E-state index contributed by atoms with van der Waals surface area (Å²) in [5, 5.41) is 0. The number of hydrogen-bond acceptors (Lipinski definition) is 4. The number of fused-ring (bicyclic) bond motifs is 1. The summed E-state index contributed by atoms with van der Waals surface area (Å²) in [6.45, 7) is 2.18. The van der Waals surface area contributed by atoms with Crippen LogP contribution in [0, 0.1) is 0 Å². The molecule has 1 saturated heterocycles. The highest BCUT2D eigenvalue weighted by Crippen LogP contribution is 2.27. The van der Waals surface area contributed by atoms with E-state index in [9.17, 15) is 14.4 Å². The summed E-state index contributed by atoms with van der Waals surface area (Å²) in [5.41, 5.74) is 3.94. The van der Waals surface area contributed by atoms with Gasteiger partial charge in [0, 0.05) is 18.5 Å². The minimum Gasteiger partial charge on any atom is -0.451 e. The van der Waals surface area contributed by atoms with Crippen LogP contribution in [0.3, 0.4) is 0 Å². The fourth-order valence-corrected chi connectivity index (χ4v) is 4.02. The summed E-state index contributed by atoms with van der Waals surface area (Å²) < 4.78 is 5.48. The quantitative estimate of drug-likeness (QED) is 0.588. The zero-order chi connectivity index (χ0) is 19.7. The molecule has 2 aliphatic rings. The Hall–Kier alpha value is -2.95. The lowest BCUT2D eigenvalue weighted by molar-refractivity contribution is -0.117. The fourth-order valence-electron chi connectivity index (χ4n) is 4.02. The second-order valence-corrected chi connectivity index (χ2v) is 7.41. The van der Waals surface area contributed by atoms with Gasteiger partial charge >= 0.3 is 5.97 Å². The Labute approximate surface area is 164 Å². The maximum Gasteiger partial charge on any atom is 0.340 e. The average molecular weight is 377 g/mol. The van der Waals surface area contributed by atoms with Crippen molar-refractivity contribution >= 4 is 23.3 Å². The van der Waals surface area contributed by atoms with Gasteiger partial charge in [-0.1, -0.05) is 24.3 Å². The Balaban J connectivity index is 1.51. The summed E-state index contributed by atoms with van der Waals surface area (Å²) in [7, 11) is 0. The molecule has 144 valence electrons. The lowest BCUT2D eigenvalue weighted by Crippen LogP contribution is -2.28. The first kappa shape index (κ1) is 18.4. The van der Waals surface area contributed by atoms with Crippen LogP contribution in [-0.2, 0) is 22.4 Å². The van der Waals surface area contributed by atoms with E-state index in [-0.39, 0.29) is 11.7 Å². The van der Waals surface area contributed by atoms with Crippen LogP contribution in [-0.4, -0.2) is 30.3 Å². The van der Waals surface area contributed by atoms with E-state index in [1.165, 1.54) is 11.1 Å². The van der Waals surface area contributed by atoms with E-state index in [0.29, 0.717) is 29.8 Å². The second kappa shape index (κ2) is 7.58. The molecule has 4 rings (SSSR count). The molecule has 28 heavy (non-hydrogen) atoms. The molecule has 1 amide bonds. The molecule has 0 radical (unpaired) electrons. The van der Waals surface area contributed by atoms with Gasteiger partial charge in [0.05, 0.1) is 11.3 Å². The Kier molecular flexibility index (Phi) is 4.99. The lowest BCUT2D eigenvalue weighted by Gasteiger charge is -2.20. The largest absolute Gasteiger partial charge is 0.451 e. The van der Waals surface area contributed by atoms with Crippen LogP contribution < -0.4 is 4.90 Å². The molecule has 0 spiro atoms. The maximum absolute atomic E-state index is 12.8. The number of nitrogens with zero attached hydrogens (tertiary/aromatic N) is 1. The van der Waals surface area contributed by atoms with Crippen LogP contribution in [0.5, 0.6) is 0 Å². The first-order chi connectivity index (χ1) is 13.5. The lowest BCUT2D eigenvalue weighted by atomic mass is 10.0. The molecule has 1 heterocycles. The molecule has 2 aromatic carbocycles. The van der Waals surface area contributed by atoms with Crippen molar-refractivity contribution in [1.82, 2.24) is 0 Å². The number of Topliss-reactive ketones (excluding diaryl/α,β-unsaturated/α-hetero) is 1. The number of carbonyl (C=O) groups is 3. The first-order valence-corrected chi connectivity index (χ1v) is 9.81. The van der Waals surface area contributed by atoms with E-state index in [4.69, 9.17) is 4.74 Å². The smallest absolute Gasteiger partial charge is 0.340 e. The molecule has 0 unspecified atom stereocenters. The van der Waals surface area contributed by atoms with Gasteiger partial charge in [0.1, 0.15) is 0 Å². The molecule has 1 atom stereocenters. The molecular formula is C23H23NO4. The maximum atomic E-state index is 12.8. The van der Waals surface area contributed by atoms with Crippen molar-refractivity contribution in [2.24, 2.45) is 0 Å². The van der Waals surface area contributed by atoms with Crippen LogP contribution in [0.25, 0.3) is 0 Å². The van der Waals surface area contributed by atoms with E-state index < -0.39 is 12.1 Å². The molecule has 2 aromatic rings. The molecule has 0 N–H and O–H groups in total. The van der Waals surface area contributed by atoms with E-state index in [2.05, 4.69) is 0 Å². The summed E-state index contributed by atoms with van der Waals surface area (Å²) in [6.07, 6.45) is 3.52. The van der Waals surface area contributed by atoms with Gasteiger partial charge in [-0.15, -0.1) is 0 Å².